The minimum absolute atomic E-state index is 0.0646. The average Bonchev–Trinajstić information content (AvgIpc) is 2.88. The Bertz CT molecular complexity index is 1020. The van der Waals surface area contributed by atoms with E-state index in [-0.39, 0.29) is 28.7 Å². The van der Waals surface area contributed by atoms with Gasteiger partial charge in [-0.3, -0.25) is 9.12 Å². The number of nitrogens with zero attached hydrogens (tertiary/aromatic N) is 3. The minimum Gasteiger partial charge on any atom is -0.382 e. The lowest BCUT2D eigenvalue weighted by Gasteiger charge is -2.06. The number of hydrogen-bond acceptors (Lipinski definition) is 5. The lowest BCUT2D eigenvalue weighted by Crippen LogP contribution is -2.18. The van der Waals surface area contributed by atoms with Crippen molar-refractivity contribution in [3.05, 3.63) is 44.8 Å². The number of H-pyrrole nitrogens is 1. The summed E-state index contributed by atoms with van der Waals surface area (Å²) in [5.41, 5.74) is 7.36. The van der Waals surface area contributed by atoms with Crippen LogP contribution in [0.5, 0.6) is 0 Å². The topological polar surface area (TPSA) is 127 Å². The zero-order valence-electron chi connectivity index (χ0n) is 14.6. The van der Waals surface area contributed by atoms with E-state index in [2.05, 4.69) is 28.8 Å². The number of aromatic nitrogens is 4. The number of aromatic amines is 1. The van der Waals surface area contributed by atoms with Crippen molar-refractivity contribution in [3.63, 3.8) is 0 Å². The van der Waals surface area contributed by atoms with Gasteiger partial charge in [0, 0.05) is 5.02 Å². The van der Waals surface area contributed by atoms with Gasteiger partial charge in [0.05, 0.1) is 6.54 Å². The molecule has 4 N–H and O–H groups in total. The van der Waals surface area contributed by atoms with E-state index in [1.807, 2.05) is 19.1 Å². The Labute approximate surface area is 157 Å². The van der Waals surface area contributed by atoms with Crippen molar-refractivity contribution >= 4 is 39.7 Å². The van der Waals surface area contributed by atoms with Crippen LogP contribution in [-0.2, 0) is 17.6 Å². The molecular formula is C16H20ClN5O3S. The maximum absolute atomic E-state index is 12.1. The summed E-state index contributed by atoms with van der Waals surface area (Å²) in [6.07, 6.45) is 1.25. The highest BCUT2D eigenvalue weighted by molar-refractivity contribution is 7.79. The van der Waals surface area contributed by atoms with Gasteiger partial charge >= 0.3 is 5.69 Å². The highest BCUT2D eigenvalue weighted by Gasteiger charge is 2.16. The first-order valence-corrected chi connectivity index (χ1v) is 9.38. The number of benzene rings is 1. The van der Waals surface area contributed by atoms with E-state index >= 15 is 0 Å². The molecule has 0 saturated heterocycles. The molecule has 140 valence electrons. The average molecular weight is 398 g/mol. The van der Waals surface area contributed by atoms with E-state index in [9.17, 15) is 9.00 Å². The predicted molar refractivity (Wildman–Crippen MR) is 103 cm³/mol. The third-order valence-electron chi connectivity index (χ3n) is 3.36. The number of anilines is 1. The fourth-order valence-corrected chi connectivity index (χ4v) is 2.72. The van der Waals surface area contributed by atoms with Crippen LogP contribution in [0.1, 0.15) is 31.4 Å². The Balaban J connectivity index is 0.000000758. The van der Waals surface area contributed by atoms with Crippen LogP contribution >= 0.6 is 11.6 Å². The highest BCUT2D eigenvalue weighted by atomic mass is 35.5. The molecule has 10 heteroatoms. The molecule has 0 amide bonds. The van der Waals surface area contributed by atoms with Gasteiger partial charge in [-0.1, -0.05) is 44.0 Å². The van der Waals surface area contributed by atoms with Gasteiger partial charge in [0.15, 0.2) is 11.5 Å². The van der Waals surface area contributed by atoms with Gasteiger partial charge in [0.25, 0.3) is 5.16 Å². The maximum atomic E-state index is 12.1. The number of halogens is 1. The SMILES string of the molecule is CCC.Cc1ccc(Cn2c(=O)[nH]c3c(N)nc(S(=O)O)nc32)cc1Cl. The van der Waals surface area contributed by atoms with Crippen LogP contribution < -0.4 is 11.4 Å². The van der Waals surface area contributed by atoms with Gasteiger partial charge in [-0.15, -0.1) is 0 Å². The zero-order valence-corrected chi connectivity index (χ0v) is 16.2. The first-order valence-electron chi connectivity index (χ1n) is 7.90. The Morgan fingerprint density at radius 2 is 2.00 bits per heavy atom. The van der Waals surface area contributed by atoms with E-state index < -0.39 is 16.8 Å². The molecule has 3 aromatic rings. The molecule has 0 fully saturated rings. The number of nitrogens with two attached hydrogens (primary N) is 1. The molecule has 2 aromatic heterocycles. The molecule has 0 aliphatic rings. The number of nitrogens with one attached hydrogen (secondary N) is 1. The largest absolute Gasteiger partial charge is 0.382 e. The second kappa shape index (κ2) is 8.43. The second-order valence-electron chi connectivity index (χ2n) is 5.65. The van der Waals surface area contributed by atoms with Crippen LogP contribution in [0.25, 0.3) is 11.2 Å². The molecule has 1 unspecified atom stereocenters. The smallest absolute Gasteiger partial charge is 0.328 e. The number of fused-ring (bicyclic) bond motifs is 1. The summed E-state index contributed by atoms with van der Waals surface area (Å²) in [6.45, 7) is 6.31. The Hall–Kier alpha value is -2.23. The fourth-order valence-electron chi connectivity index (χ4n) is 2.17. The highest BCUT2D eigenvalue weighted by Crippen LogP contribution is 2.19. The second-order valence-corrected chi connectivity index (χ2v) is 6.92. The van der Waals surface area contributed by atoms with E-state index in [1.165, 1.54) is 11.0 Å². The standard InChI is InChI=1S/C13H12ClN5O3S.C3H8/c1-6-2-3-7(4-8(6)14)5-19-11-9(16-13(19)20)10(15)17-12(18-11)23(21)22;1-3-2/h2-4H,5H2,1H3,(H,16,20)(H,21,22)(H2,15,17,18);3H2,1-2H3. The van der Waals surface area contributed by atoms with Crippen molar-refractivity contribution in [3.8, 4) is 0 Å². The number of imidazole rings is 1. The lowest BCUT2D eigenvalue weighted by atomic mass is 10.1. The van der Waals surface area contributed by atoms with Crippen LogP contribution in [-0.4, -0.2) is 28.3 Å². The zero-order chi connectivity index (χ0) is 19.4. The summed E-state index contributed by atoms with van der Waals surface area (Å²) < 4.78 is 21.6. The Morgan fingerprint density at radius 1 is 1.35 bits per heavy atom. The summed E-state index contributed by atoms with van der Waals surface area (Å²) in [4.78, 5) is 22.3. The molecule has 0 bridgehead atoms. The van der Waals surface area contributed by atoms with Gasteiger partial charge in [0.1, 0.15) is 5.52 Å². The number of nitrogen functional groups attached to an aromatic ring is 1. The van der Waals surface area contributed by atoms with Gasteiger partial charge in [-0.25, -0.2) is 9.00 Å². The van der Waals surface area contributed by atoms with Gasteiger partial charge < -0.3 is 10.7 Å². The summed E-state index contributed by atoms with van der Waals surface area (Å²) >= 11 is 3.69. The lowest BCUT2D eigenvalue weighted by molar-refractivity contribution is 0.555. The molecule has 0 spiro atoms. The third-order valence-corrected chi connectivity index (χ3v) is 4.27. The Morgan fingerprint density at radius 3 is 2.58 bits per heavy atom. The van der Waals surface area contributed by atoms with Crippen LogP contribution in [0.2, 0.25) is 5.02 Å². The molecule has 1 atom stereocenters. The molecule has 26 heavy (non-hydrogen) atoms. The number of aryl methyl sites for hydroxylation is 1. The quantitative estimate of drug-likeness (QED) is 0.460. The molecule has 0 aliphatic heterocycles. The van der Waals surface area contributed by atoms with Crippen LogP contribution in [0, 0.1) is 6.92 Å². The molecule has 1 aromatic carbocycles. The van der Waals surface area contributed by atoms with Crippen LogP contribution in [0.4, 0.5) is 5.82 Å². The molecule has 0 saturated carbocycles. The van der Waals surface area contributed by atoms with E-state index in [4.69, 9.17) is 21.9 Å². The van der Waals surface area contributed by atoms with E-state index in [0.717, 1.165) is 11.1 Å². The first-order chi connectivity index (χ1) is 12.3. The molecule has 0 aliphatic carbocycles. The first kappa shape index (κ1) is 20.1. The van der Waals surface area contributed by atoms with Crippen LogP contribution in [0.3, 0.4) is 0 Å². The van der Waals surface area contributed by atoms with Crippen molar-refractivity contribution in [2.24, 2.45) is 0 Å². The summed E-state index contributed by atoms with van der Waals surface area (Å²) in [5.74, 6) is -0.0646. The van der Waals surface area contributed by atoms with Crippen LogP contribution in [0.15, 0.2) is 28.2 Å². The van der Waals surface area contributed by atoms with Crippen molar-refractivity contribution < 1.29 is 8.76 Å². The van der Waals surface area contributed by atoms with Crippen molar-refractivity contribution in [1.82, 2.24) is 19.5 Å². The van der Waals surface area contributed by atoms with Crippen molar-refractivity contribution in [2.45, 2.75) is 38.9 Å². The summed E-state index contributed by atoms with van der Waals surface area (Å²) in [6, 6.07) is 5.43. The molecule has 3 rings (SSSR count). The van der Waals surface area contributed by atoms with E-state index in [1.54, 1.807) is 6.07 Å². The summed E-state index contributed by atoms with van der Waals surface area (Å²) in [5, 5.41) is 0.228. The molecule has 2 heterocycles. The Kier molecular flexibility index (Phi) is 6.52. The number of hydrogen-bond donors (Lipinski definition) is 3. The van der Waals surface area contributed by atoms with Gasteiger partial charge in [-0.2, -0.15) is 9.97 Å². The van der Waals surface area contributed by atoms with Crippen molar-refractivity contribution in [1.29, 1.82) is 0 Å². The minimum atomic E-state index is -2.40. The summed E-state index contributed by atoms with van der Waals surface area (Å²) in [7, 11) is 0. The van der Waals surface area contributed by atoms with Gasteiger partial charge in [0.2, 0.25) is 11.1 Å². The fraction of sp³-hybridized carbons (Fsp3) is 0.312. The third kappa shape index (κ3) is 4.29. The molecule has 0 radical (unpaired) electrons. The van der Waals surface area contributed by atoms with Crippen molar-refractivity contribution in [2.75, 3.05) is 5.73 Å². The molecular weight excluding hydrogens is 378 g/mol. The van der Waals surface area contributed by atoms with E-state index in [0.29, 0.717) is 5.02 Å². The molecule has 8 nitrogen and oxygen atoms in total. The number of rotatable bonds is 3. The van der Waals surface area contributed by atoms with Gasteiger partial charge in [-0.05, 0) is 24.1 Å². The monoisotopic (exact) mass is 397 g/mol. The maximum Gasteiger partial charge on any atom is 0.328 e. The predicted octanol–water partition coefficient (Wildman–Crippen LogP) is 2.71. The normalized spacial score (nSPS) is 11.9.